The Kier molecular flexibility index (Phi) is 31.3. The Bertz CT molecular complexity index is 780. The molecule has 0 saturated carbocycles. The van der Waals surface area contributed by atoms with Gasteiger partial charge in [-0.15, -0.1) is 10.4 Å². The normalized spacial score (nSPS) is 11.3. The largest absolute Gasteiger partial charge is 1.00 e. The van der Waals surface area contributed by atoms with E-state index >= 15 is 0 Å². The smallest absolute Gasteiger partial charge is 0.398 e. The first-order valence-corrected chi connectivity index (χ1v) is 20.3. The Balaban J connectivity index is -0.000000253. The number of anilines is 2. The van der Waals surface area contributed by atoms with E-state index in [9.17, 15) is 0 Å². The maximum atomic E-state index is 3.81. The minimum atomic E-state index is -0.0957. The predicted octanol–water partition coefficient (Wildman–Crippen LogP) is 7.75. The zero-order valence-electron chi connectivity index (χ0n) is 32.8. The molecule has 0 fully saturated rings. The van der Waals surface area contributed by atoms with Crippen LogP contribution in [0.4, 0.5) is 11.9 Å². The van der Waals surface area contributed by atoms with E-state index in [0.717, 1.165) is 34.0 Å². The maximum Gasteiger partial charge on any atom is 1.00 e. The summed E-state index contributed by atoms with van der Waals surface area (Å²) < 4.78 is 0. The molecule has 10 nitrogen and oxygen atoms in total. The molecule has 280 valence electrons. The van der Waals surface area contributed by atoms with Crippen LogP contribution in [0.25, 0.3) is 0 Å². The van der Waals surface area contributed by atoms with Crippen molar-refractivity contribution in [3.63, 3.8) is 0 Å². The van der Waals surface area contributed by atoms with Gasteiger partial charge in [-0.05, 0) is 107 Å². The Morgan fingerprint density at radius 1 is 0.391 bits per heavy atom. The molecule has 0 aliphatic carbocycles. The Hall–Kier alpha value is -0.361. The standard InChI is InChI=1S/2C9H21P.2C7H14N5.2Cu/c2*1-7(2)10(8(3)4)9(5)6;2*1-5(2)12(6(3)4)7-8-10-11-9-7;;/h2*7-9H,1-6H3;2*5-6H,1-4H3;;/q;;2*-1;2*+1/p+2. The summed E-state index contributed by atoms with van der Waals surface area (Å²) in [6, 6.07) is 1.49. The zero-order chi connectivity index (χ0) is 34.9. The van der Waals surface area contributed by atoms with E-state index < -0.39 is 0 Å². The van der Waals surface area contributed by atoms with Crippen LogP contribution in [0.3, 0.4) is 0 Å². The van der Waals surface area contributed by atoms with Gasteiger partial charge in [0.15, 0.2) is 0 Å². The second-order valence-electron chi connectivity index (χ2n) is 14.5. The molecular weight excluding hydrogens is 713 g/mol. The third kappa shape index (κ3) is 20.9. The van der Waals surface area contributed by atoms with Crippen LogP contribution >= 0.6 is 15.8 Å². The summed E-state index contributed by atoms with van der Waals surface area (Å²) in [6.07, 6.45) is 0. The van der Waals surface area contributed by atoms with Crippen molar-refractivity contribution in [3.05, 3.63) is 0 Å². The second kappa shape index (κ2) is 27.5. The van der Waals surface area contributed by atoms with Crippen LogP contribution in [0.1, 0.15) is 138 Å². The molecule has 2 aromatic rings. The molecule has 0 aliphatic rings. The van der Waals surface area contributed by atoms with Gasteiger partial charge in [-0.1, -0.05) is 55.4 Å². The molecule has 0 amide bonds. The first kappa shape index (κ1) is 52.5. The molecule has 0 unspecified atom stereocenters. The van der Waals surface area contributed by atoms with Gasteiger partial charge in [-0.3, -0.25) is 10.2 Å². The molecule has 0 aliphatic heterocycles. The number of nitrogens with zero attached hydrogens (tertiary/aromatic N) is 10. The number of hydrogen-bond donors (Lipinski definition) is 0. The maximum absolute atomic E-state index is 3.81. The van der Waals surface area contributed by atoms with Crippen LogP contribution in [-0.4, -0.2) is 89.2 Å². The number of rotatable bonds is 12. The van der Waals surface area contributed by atoms with Crippen LogP contribution in [0.5, 0.6) is 0 Å². The molecule has 0 bridgehead atoms. The summed E-state index contributed by atoms with van der Waals surface area (Å²) in [6.45, 7) is 45.2. The Morgan fingerprint density at radius 3 is 0.674 bits per heavy atom. The van der Waals surface area contributed by atoms with Crippen molar-refractivity contribution < 1.29 is 34.1 Å². The third-order valence-electron chi connectivity index (χ3n) is 7.30. The van der Waals surface area contributed by atoms with Crippen molar-refractivity contribution in [1.82, 2.24) is 41.2 Å². The molecule has 0 spiro atoms. The van der Waals surface area contributed by atoms with E-state index in [0.29, 0.717) is 36.1 Å². The quantitative estimate of drug-likeness (QED) is 0.157. The van der Waals surface area contributed by atoms with E-state index in [2.05, 4.69) is 190 Å². The summed E-state index contributed by atoms with van der Waals surface area (Å²) in [7, 11) is -0.191. The fourth-order valence-electron chi connectivity index (χ4n) is 6.60. The van der Waals surface area contributed by atoms with Crippen LogP contribution in [-0.2, 0) is 34.1 Å². The zero-order valence-corrected chi connectivity index (χ0v) is 36.7. The van der Waals surface area contributed by atoms with E-state index in [4.69, 9.17) is 0 Å². The van der Waals surface area contributed by atoms with Gasteiger partial charge in [0.1, 0.15) is 0 Å². The second-order valence-corrected chi connectivity index (χ2v) is 23.4. The summed E-state index contributed by atoms with van der Waals surface area (Å²) in [5.74, 6) is 1.22. The monoisotopic (exact) mass is 784 g/mol. The van der Waals surface area contributed by atoms with Crippen molar-refractivity contribution in [2.45, 2.75) is 197 Å². The minimum Gasteiger partial charge on any atom is -0.398 e. The van der Waals surface area contributed by atoms with E-state index in [1.54, 1.807) is 0 Å². The van der Waals surface area contributed by atoms with Crippen LogP contribution in [0, 0.1) is 0 Å². The van der Waals surface area contributed by atoms with Gasteiger partial charge < -0.3 is 9.80 Å². The number of hydrogen-bond acceptors (Lipinski definition) is 8. The van der Waals surface area contributed by atoms with Gasteiger partial charge in [0.25, 0.3) is 0 Å². The van der Waals surface area contributed by atoms with Crippen molar-refractivity contribution in [1.29, 1.82) is 0 Å². The summed E-state index contributed by atoms with van der Waals surface area (Å²) in [4.78, 5) is 4.14. The van der Waals surface area contributed by atoms with Gasteiger partial charge in [0.05, 0.1) is 45.9 Å². The first-order valence-electron chi connectivity index (χ1n) is 16.9. The molecule has 0 saturated heterocycles. The van der Waals surface area contributed by atoms with Crippen LogP contribution < -0.4 is 20.0 Å². The molecule has 0 N–H and O–H groups in total. The number of aromatic nitrogens is 8. The summed E-state index contributed by atoms with van der Waals surface area (Å²) in [5.41, 5.74) is 5.61. The fraction of sp³-hybridized carbons (Fsp3) is 0.938. The molecule has 0 atom stereocenters. The Morgan fingerprint density at radius 2 is 0.587 bits per heavy atom. The minimum absolute atomic E-state index is 0. The molecule has 2 heterocycles. The third-order valence-corrected chi connectivity index (χ3v) is 15.3. The predicted molar refractivity (Wildman–Crippen MR) is 199 cm³/mol. The van der Waals surface area contributed by atoms with Gasteiger partial charge in [-0.25, -0.2) is 10.2 Å². The van der Waals surface area contributed by atoms with E-state index in [1.807, 2.05) is 0 Å². The van der Waals surface area contributed by atoms with Crippen LogP contribution in [0.15, 0.2) is 0 Å². The number of tetrazole rings is 2. The molecule has 14 heteroatoms. The van der Waals surface area contributed by atoms with E-state index in [1.165, 1.54) is 0 Å². The van der Waals surface area contributed by atoms with Gasteiger partial charge in [-0.2, -0.15) is 10.4 Å². The van der Waals surface area contributed by atoms with Gasteiger partial charge in [0, 0.05) is 15.8 Å². The van der Waals surface area contributed by atoms with Crippen molar-refractivity contribution in [2.24, 2.45) is 0 Å². The van der Waals surface area contributed by atoms with E-state index in [-0.39, 0.29) is 50.0 Å². The van der Waals surface area contributed by atoms with Crippen molar-refractivity contribution in [2.75, 3.05) is 9.80 Å². The molecule has 0 aromatic carbocycles. The SMILES string of the molecule is CC(C)N(c1nnn[n-]1)C(C)C.CC(C)N(c1nnn[n-]1)C(C)C.CC(C)[PH+](C(C)C)C(C)C.CC(C)[PH+](C(C)C)C(C)C.[Cu+].[Cu+]. The van der Waals surface area contributed by atoms with Gasteiger partial charge >= 0.3 is 34.1 Å². The topological polar surface area (TPSA) is 112 Å². The molecule has 2 aromatic heterocycles. The Labute approximate surface area is 308 Å². The van der Waals surface area contributed by atoms with Crippen molar-refractivity contribution >= 4 is 27.7 Å². The molecule has 2 rings (SSSR count). The van der Waals surface area contributed by atoms with Crippen molar-refractivity contribution in [3.8, 4) is 0 Å². The molecular formula is C32H72Cu2N10P2+2. The summed E-state index contributed by atoms with van der Waals surface area (Å²) in [5, 5.41) is 29.1. The van der Waals surface area contributed by atoms with Crippen LogP contribution in [0.2, 0.25) is 0 Å². The average molecular weight is 786 g/mol. The van der Waals surface area contributed by atoms with Gasteiger partial charge in [0.2, 0.25) is 0 Å². The fourth-order valence-corrected chi connectivity index (χ4v) is 14.6. The molecule has 46 heavy (non-hydrogen) atoms. The average Bonchev–Trinajstić information content (AvgIpc) is 3.53. The molecule has 0 radical (unpaired) electrons. The summed E-state index contributed by atoms with van der Waals surface area (Å²) >= 11 is 0. The first-order chi connectivity index (χ1) is 20.2.